The summed E-state index contributed by atoms with van der Waals surface area (Å²) in [5.41, 5.74) is 2.01. The summed E-state index contributed by atoms with van der Waals surface area (Å²) < 4.78 is 0. The summed E-state index contributed by atoms with van der Waals surface area (Å²) in [5, 5.41) is 0. The predicted octanol–water partition coefficient (Wildman–Crippen LogP) is 5.40. The molecule has 0 aliphatic heterocycles. The average molecular weight is 300 g/mol. The molecule has 4 aliphatic rings. The lowest BCUT2D eigenvalue weighted by molar-refractivity contribution is -0.135. The predicted molar refractivity (Wildman–Crippen MR) is 90.4 cm³/mol. The van der Waals surface area contributed by atoms with Gasteiger partial charge in [-0.2, -0.15) is 0 Å². The van der Waals surface area contributed by atoms with Crippen LogP contribution in [-0.4, -0.2) is 5.78 Å². The number of hydrogen-bond acceptors (Lipinski definition) is 1. The zero-order valence-corrected chi connectivity index (χ0v) is 14.7. The molecule has 0 aromatic rings. The van der Waals surface area contributed by atoms with Crippen molar-refractivity contribution in [2.24, 2.45) is 40.4 Å². The van der Waals surface area contributed by atoms with Crippen LogP contribution >= 0.6 is 0 Å². The van der Waals surface area contributed by atoms with Gasteiger partial charge in [0.2, 0.25) is 0 Å². The number of hydrogen-bond donors (Lipinski definition) is 0. The lowest BCUT2D eigenvalue weighted by Gasteiger charge is -2.60. The van der Waals surface area contributed by atoms with Gasteiger partial charge in [-0.25, -0.2) is 0 Å². The number of carbonyl (C=O) groups excluding carboxylic acids is 1. The van der Waals surface area contributed by atoms with Gasteiger partial charge in [0.1, 0.15) is 5.78 Å². The highest BCUT2D eigenvalue weighted by Crippen LogP contribution is 2.66. The molecule has 0 heterocycles. The van der Waals surface area contributed by atoms with Crippen LogP contribution in [0.15, 0.2) is 12.2 Å². The fourth-order valence-electron chi connectivity index (χ4n) is 7.20. The summed E-state index contributed by atoms with van der Waals surface area (Å²) in [7, 11) is 0. The number of carbonyl (C=O) groups is 1. The molecule has 122 valence electrons. The molecule has 1 nitrogen and oxygen atoms in total. The molecule has 0 spiro atoms. The minimum absolute atomic E-state index is 0.00655. The summed E-state index contributed by atoms with van der Waals surface area (Å²) in [6.07, 6.45) is 9.79. The van der Waals surface area contributed by atoms with Crippen LogP contribution in [0, 0.1) is 40.4 Å². The van der Waals surface area contributed by atoms with Crippen LogP contribution in [0.3, 0.4) is 0 Å². The second-order valence-electron chi connectivity index (χ2n) is 9.60. The van der Waals surface area contributed by atoms with E-state index in [0.29, 0.717) is 17.1 Å². The van der Waals surface area contributed by atoms with E-state index >= 15 is 0 Å². The molecule has 22 heavy (non-hydrogen) atoms. The Bertz CT molecular complexity index is 520. The van der Waals surface area contributed by atoms with Crippen LogP contribution in [-0.2, 0) is 4.79 Å². The Morgan fingerprint density at radius 2 is 1.86 bits per heavy atom. The van der Waals surface area contributed by atoms with E-state index in [1.165, 1.54) is 37.7 Å². The highest BCUT2D eigenvalue weighted by atomic mass is 16.1. The summed E-state index contributed by atoms with van der Waals surface area (Å²) >= 11 is 0. The Kier molecular flexibility index (Phi) is 3.20. The van der Waals surface area contributed by atoms with Crippen molar-refractivity contribution in [3.05, 3.63) is 12.2 Å². The Hall–Kier alpha value is -0.590. The van der Waals surface area contributed by atoms with Gasteiger partial charge in [0.15, 0.2) is 0 Å². The van der Waals surface area contributed by atoms with Gasteiger partial charge >= 0.3 is 0 Å². The zero-order chi connectivity index (χ0) is 15.7. The van der Waals surface area contributed by atoms with Gasteiger partial charge in [-0.15, -0.1) is 0 Å². The van der Waals surface area contributed by atoms with E-state index in [2.05, 4.69) is 27.4 Å². The molecule has 4 aliphatic carbocycles. The lowest BCUT2D eigenvalue weighted by Crippen LogP contribution is -2.54. The number of ketones is 1. The summed E-state index contributed by atoms with van der Waals surface area (Å²) in [5.74, 6) is 4.41. The number of Topliss-reactive ketones (excluding diaryl/α,β-unsaturated/α-hetero) is 1. The monoisotopic (exact) mass is 300 g/mol. The van der Waals surface area contributed by atoms with Crippen molar-refractivity contribution in [3.63, 3.8) is 0 Å². The molecule has 4 saturated carbocycles. The molecule has 0 N–H and O–H groups in total. The molecule has 0 bridgehead atoms. The summed E-state index contributed by atoms with van der Waals surface area (Å²) in [6, 6.07) is 0. The Morgan fingerprint density at radius 1 is 1.09 bits per heavy atom. The maximum atomic E-state index is 12.5. The quantitative estimate of drug-likeness (QED) is 0.547. The number of allylic oxidation sites excluding steroid dienone is 1. The first-order valence-electron chi connectivity index (χ1n) is 9.57. The maximum absolute atomic E-state index is 12.5. The molecule has 4 fully saturated rings. The van der Waals surface area contributed by atoms with Gasteiger partial charge in [-0.1, -0.05) is 39.3 Å². The van der Waals surface area contributed by atoms with Gasteiger partial charge in [0, 0.05) is 11.8 Å². The minimum atomic E-state index is 0.00655. The third kappa shape index (κ3) is 1.80. The van der Waals surface area contributed by atoms with Crippen molar-refractivity contribution >= 4 is 5.78 Å². The molecule has 0 aromatic heterocycles. The van der Waals surface area contributed by atoms with E-state index in [9.17, 15) is 4.79 Å². The molecule has 4 rings (SSSR count). The van der Waals surface area contributed by atoms with Crippen LogP contribution in [0.5, 0.6) is 0 Å². The van der Waals surface area contributed by atoms with Crippen molar-refractivity contribution in [3.8, 4) is 0 Å². The van der Waals surface area contributed by atoms with Crippen molar-refractivity contribution < 1.29 is 4.79 Å². The van der Waals surface area contributed by atoms with E-state index < -0.39 is 0 Å². The molecule has 7 atom stereocenters. The van der Waals surface area contributed by atoms with Crippen molar-refractivity contribution in [1.82, 2.24) is 0 Å². The highest BCUT2D eigenvalue weighted by molar-refractivity contribution is 5.87. The average Bonchev–Trinajstić information content (AvgIpc) is 2.77. The minimum Gasteiger partial charge on any atom is -0.299 e. The first-order chi connectivity index (χ1) is 10.4. The molecule has 5 unspecified atom stereocenters. The Morgan fingerprint density at radius 3 is 2.64 bits per heavy atom. The van der Waals surface area contributed by atoms with Gasteiger partial charge in [-0.3, -0.25) is 4.79 Å². The van der Waals surface area contributed by atoms with E-state index in [-0.39, 0.29) is 5.41 Å². The summed E-state index contributed by atoms with van der Waals surface area (Å²) in [4.78, 5) is 12.5. The van der Waals surface area contributed by atoms with Crippen LogP contribution in [0.25, 0.3) is 0 Å². The molecular weight excluding hydrogens is 268 g/mol. The third-order valence-electron chi connectivity index (χ3n) is 8.59. The van der Waals surface area contributed by atoms with Gasteiger partial charge in [0.05, 0.1) is 0 Å². The van der Waals surface area contributed by atoms with Crippen LogP contribution in [0.2, 0.25) is 0 Å². The molecule has 0 aromatic carbocycles. The molecule has 1 heteroatoms. The second-order valence-corrected chi connectivity index (χ2v) is 9.60. The van der Waals surface area contributed by atoms with Crippen LogP contribution in [0.4, 0.5) is 0 Å². The van der Waals surface area contributed by atoms with Crippen LogP contribution in [0.1, 0.15) is 72.1 Å². The zero-order valence-electron chi connectivity index (χ0n) is 14.7. The topological polar surface area (TPSA) is 17.1 Å². The Labute approximate surface area is 135 Å². The lowest BCUT2D eigenvalue weighted by atomic mass is 9.44. The maximum Gasteiger partial charge on any atom is 0.139 e. The van der Waals surface area contributed by atoms with E-state index in [0.717, 1.165) is 42.9 Å². The molecular formula is C21H32O. The smallest absolute Gasteiger partial charge is 0.139 e. The van der Waals surface area contributed by atoms with Crippen molar-refractivity contribution in [2.75, 3.05) is 0 Å². The van der Waals surface area contributed by atoms with Gasteiger partial charge < -0.3 is 0 Å². The Balaban J connectivity index is 1.69. The summed E-state index contributed by atoms with van der Waals surface area (Å²) in [6.45, 7) is 11.8. The van der Waals surface area contributed by atoms with Gasteiger partial charge in [0.25, 0.3) is 0 Å². The van der Waals surface area contributed by atoms with Crippen molar-refractivity contribution in [2.45, 2.75) is 72.1 Å². The second kappa shape index (κ2) is 4.71. The van der Waals surface area contributed by atoms with E-state index in [1.54, 1.807) is 0 Å². The van der Waals surface area contributed by atoms with E-state index in [4.69, 9.17) is 0 Å². The molecule has 0 saturated heterocycles. The normalized spacial score (nSPS) is 54.6. The molecule has 0 amide bonds. The fourth-order valence-corrected chi connectivity index (χ4v) is 7.20. The largest absolute Gasteiger partial charge is 0.299 e. The number of rotatable bonds is 0. The van der Waals surface area contributed by atoms with Gasteiger partial charge in [-0.05, 0) is 73.5 Å². The molecule has 0 radical (unpaired) electrons. The van der Waals surface area contributed by atoms with Crippen molar-refractivity contribution in [1.29, 1.82) is 0 Å². The fraction of sp³-hybridized carbons (Fsp3) is 0.857. The SMILES string of the molecule is C=C1CC2C(CC[C@]3(C)C(=O)CCC23)[C@@]2(C)CCC(C)CC12. The first kappa shape index (κ1) is 15.0. The third-order valence-corrected chi connectivity index (χ3v) is 8.59. The van der Waals surface area contributed by atoms with E-state index in [1.807, 2.05) is 0 Å². The number of fused-ring (bicyclic) bond motifs is 5. The highest BCUT2D eigenvalue weighted by Gasteiger charge is 2.60. The standard InChI is InChI=1S/C21H32O/c1-13-7-9-20(3)17-8-10-21(4)16(5-6-19(21)22)15(17)12-14(2)18(20)11-13/h13,15-18H,2,5-12H2,1,3-4H3/t13?,15?,16?,17?,18?,20-,21+/m1/s1. The first-order valence-corrected chi connectivity index (χ1v) is 9.57. The van der Waals surface area contributed by atoms with Crippen LogP contribution < -0.4 is 0 Å².